The fourth-order valence-electron chi connectivity index (χ4n) is 7.33. The molecule has 0 amide bonds. The minimum atomic E-state index is -2.06. The summed E-state index contributed by atoms with van der Waals surface area (Å²) in [5.41, 5.74) is -6.01. The first-order valence-electron chi connectivity index (χ1n) is 14.5. The molecule has 4 rings (SSSR count). The maximum absolute atomic E-state index is 14.3. The first kappa shape index (κ1) is 32.8. The number of aliphatic hydroxyl groups is 3. The van der Waals surface area contributed by atoms with E-state index in [4.69, 9.17) is 18.9 Å². The number of ether oxygens (including phenoxy) is 4. The normalized spacial score (nSPS) is 36.1. The second-order valence-electron chi connectivity index (χ2n) is 12.9. The zero-order chi connectivity index (χ0) is 32.1. The van der Waals surface area contributed by atoms with E-state index in [-0.39, 0.29) is 25.0 Å². The van der Waals surface area contributed by atoms with E-state index in [0.717, 1.165) is 6.92 Å². The molecule has 1 aliphatic heterocycles. The Morgan fingerprint density at radius 2 is 1.63 bits per heavy atom. The number of ketones is 1. The van der Waals surface area contributed by atoms with Gasteiger partial charge in [-0.05, 0) is 38.5 Å². The van der Waals surface area contributed by atoms with E-state index in [2.05, 4.69) is 0 Å². The number of aliphatic hydroxyl groups excluding tert-OH is 2. The Morgan fingerprint density at radius 3 is 2.16 bits per heavy atom. The monoisotopic (exact) mass is 602 g/mol. The van der Waals surface area contributed by atoms with Crippen LogP contribution in [-0.2, 0) is 33.3 Å². The molecular weight excluding hydrogens is 560 g/mol. The van der Waals surface area contributed by atoms with Gasteiger partial charge in [-0.25, -0.2) is 4.79 Å². The second-order valence-corrected chi connectivity index (χ2v) is 12.9. The lowest BCUT2D eigenvalue weighted by Crippen LogP contribution is -2.80. The SMILES string of the molecule is CC(=O)OC(C)C(=O)C1(C)C(O)CC2OCC2(OC(C)=O)C1C(OC(=O)c1ccccc1)C1(O)CC(O)C(C)=CC1(C)C. The van der Waals surface area contributed by atoms with Gasteiger partial charge in [0.25, 0.3) is 0 Å². The highest BCUT2D eigenvalue weighted by molar-refractivity contribution is 5.92. The first-order valence-corrected chi connectivity index (χ1v) is 14.5. The predicted molar refractivity (Wildman–Crippen MR) is 151 cm³/mol. The smallest absolute Gasteiger partial charge is 0.338 e. The Labute approximate surface area is 251 Å². The molecule has 43 heavy (non-hydrogen) atoms. The number of fused-ring (bicyclic) bond motifs is 1. The molecule has 1 heterocycles. The lowest BCUT2D eigenvalue weighted by molar-refractivity contribution is -0.343. The van der Waals surface area contributed by atoms with Gasteiger partial charge in [-0.15, -0.1) is 0 Å². The predicted octanol–water partition coefficient (Wildman–Crippen LogP) is 2.29. The van der Waals surface area contributed by atoms with Crippen molar-refractivity contribution in [3.8, 4) is 0 Å². The molecule has 1 aromatic carbocycles. The van der Waals surface area contributed by atoms with Crippen LogP contribution in [-0.4, -0.2) is 87.3 Å². The van der Waals surface area contributed by atoms with Gasteiger partial charge in [-0.2, -0.15) is 0 Å². The highest BCUT2D eigenvalue weighted by Gasteiger charge is 2.75. The Balaban J connectivity index is 2.01. The van der Waals surface area contributed by atoms with Gasteiger partial charge in [-0.3, -0.25) is 14.4 Å². The van der Waals surface area contributed by atoms with E-state index in [1.165, 1.54) is 32.9 Å². The highest BCUT2D eigenvalue weighted by Crippen LogP contribution is 2.60. The number of esters is 3. The van der Waals surface area contributed by atoms with Crippen molar-refractivity contribution in [3.63, 3.8) is 0 Å². The van der Waals surface area contributed by atoms with Crippen molar-refractivity contribution in [2.45, 2.75) is 103 Å². The van der Waals surface area contributed by atoms with Gasteiger partial charge in [0, 0.05) is 32.1 Å². The van der Waals surface area contributed by atoms with E-state index in [1.54, 1.807) is 45.0 Å². The number of benzene rings is 1. The number of carbonyl (C=O) groups is 4. The molecule has 0 radical (unpaired) electrons. The van der Waals surface area contributed by atoms with Gasteiger partial charge in [-0.1, -0.05) is 38.1 Å². The number of carbonyl (C=O) groups excluding carboxylic acids is 4. The third kappa shape index (κ3) is 5.41. The molecule has 236 valence electrons. The molecule has 9 atom stereocenters. The molecule has 1 aromatic rings. The zero-order valence-electron chi connectivity index (χ0n) is 25.7. The van der Waals surface area contributed by atoms with Crippen LogP contribution in [0.1, 0.15) is 71.7 Å². The van der Waals surface area contributed by atoms with Gasteiger partial charge in [0.2, 0.25) is 0 Å². The molecule has 1 saturated heterocycles. The van der Waals surface area contributed by atoms with E-state index >= 15 is 0 Å². The van der Waals surface area contributed by atoms with Gasteiger partial charge in [0.05, 0.1) is 35.7 Å². The zero-order valence-corrected chi connectivity index (χ0v) is 25.7. The van der Waals surface area contributed by atoms with Crippen LogP contribution in [0, 0.1) is 16.7 Å². The van der Waals surface area contributed by atoms with E-state index in [1.807, 2.05) is 0 Å². The topological polar surface area (TPSA) is 166 Å². The van der Waals surface area contributed by atoms with E-state index in [0.29, 0.717) is 5.57 Å². The fourth-order valence-corrected chi connectivity index (χ4v) is 7.33. The quantitative estimate of drug-likeness (QED) is 0.227. The van der Waals surface area contributed by atoms with Crippen LogP contribution >= 0.6 is 0 Å². The summed E-state index contributed by atoms with van der Waals surface area (Å²) in [5.74, 6) is -4.41. The van der Waals surface area contributed by atoms with E-state index in [9.17, 15) is 34.5 Å². The van der Waals surface area contributed by atoms with Crippen molar-refractivity contribution in [1.29, 1.82) is 0 Å². The summed E-state index contributed by atoms with van der Waals surface area (Å²) < 4.78 is 23.2. The van der Waals surface area contributed by atoms with Crippen LogP contribution in [0.15, 0.2) is 42.0 Å². The minimum Gasteiger partial charge on any atom is -0.455 e. The maximum atomic E-state index is 14.3. The van der Waals surface area contributed by atoms with Crippen molar-refractivity contribution in [2.24, 2.45) is 16.7 Å². The van der Waals surface area contributed by atoms with Gasteiger partial charge in [0.1, 0.15) is 17.8 Å². The lowest BCUT2D eigenvalue weighted by Gasteiger charge is -2.65. The molecule has 3 aliphatic rings. The Kier molecular flexibility index (Phi) is 8.71. The Morgan fingerprint density at radius 1 is 1.00 bits per heavy atom. The third-order valence-electron chi connectivity index (χ3n) is 9.69. The van der Waals surface area contributed by atoms with Crippen molar-refractivity contribution >= 4 is 23.7 Å². The van der Waals surface area contributed by atoms with Crippen molar-refractivity contribution in [2.75, 3.05) is 6.61 Å². The third-order valence-corrected chi connectivity index (χ3v) is 9.69. The summed E-state index contributed by atoms with van der Waals surface area (Å²) in [6, 6.07) is 8.03. The molecule has 0 bridgehead atoms. The summed E-state index contributed by atoms with van der Waals surface area (Å²) in [5, 5.41) is 35.4. The molecule has 2 aliphatic carbocycles. The summed E-state index contributed by atoms with van der Waals surface area (Å²) in [6.45, 7) is 10.0. The van der Waals surface area contributed by atoms with Gasteiger partial charge < -0.3 is 34.3 Å². The summed E-state index contributed by atoms with van der Waals surface area (Å²) in [7, 11) is 0. The van der Waals surface area contributed by atoms with Crippen LogP contribution in [0.3, 0.4) is 0 Å². The average Bonchev–Trinajstić information content (AvgIpc) is 2.91. The van der Waals surface area contributed by atoms with Crippen LogP contribution in [0.4, 0.5) is 0 Å². The van der Waals surface area contributed by atoms with Crippen LogP contribution in [0.25, 0.3) is 0 Å². The van der Waals surface area contributed by atoms with Gasteiger partial charge in [0.15, 0.2) is 17.5 Å². The summed E-state index contributed by atoms with van der Waals surface area (Å²) in [6.07, 6.45) is -5.23. The van der Waals surface area contributed by atoms with Crippen LogP contribution < -0.4 is 0 Å². The van der Waals surface area contributed by atoms with Crippen molar-refractivity contribution in [1.82, 2.24) is 0 Å². The molecule has 11 heteroatoms. The molecule has 0 aromatic heterocycles. The second kappa shape index (κ2) is 11.4. The molecule has 2 fully saturated rings. The molecule has 1 saturated carbocycles. The highest BCUT2D eigenvalue weighted by atomic mass is 16.6. The van der Waals surface area contributed by atoms with E-state index < -0.39 is 82.2 Å². The standard InChI is InChI=1S/C32H42O11/c1-17-14-29(5,6)32(39,15-22(17)35)27(42-28(38)21-11-9-8-10-12-21)25-30(7,26(37)18(2)41-19(3)33)23(36)13-24-31(25,16-40-24)43-20(4)34/h8-12,14,18,22-25,27,35-36,39H,13,15-16H2,1-7H3. The van der Waals surface area contributed by atoms with Crippen LogP contribution in [0.2, 0.25) is 0 Å². The van der Waals surface area contributed by atoms with Crippen molar-refractivity contribution < 1.29 is 53.4 Å². The van der Waals surface area contributed by atoms with Gasteiger partial charge >= 0.3 is 17.9 Å². The fraction of sp³-hybridized carbons (Fsp3) is 0.625. The largest absolute Gasteiger partial charge is 0.455 e. The minimum absolute atomic E-state index is 0.123. The number of hydrogen-bond donors (Lipinski definition) is 3. The number of rotatable bonds is 8. The Hall–Kier alpha value is -3.12. The molecular formula is C32H42O11. The summed E-state index contributed by atoms with van der Waals surface area (Å²) >= 11 is 0. The number of hydrogen-bond acceptors (Lipinski definition) is 11. The molecule has 0 spiro atoms. The first-order chi connectivity index (χ1) is 19.9. The molecule has 11 nitrogen and oxygen atoms in total. The lowest BCUT2D eigenvalue weighted by atomic mass is 9.48. The average molecular weight is 603 g/mol. The van der Waals surface area contributed by atoms with Crippen LogP contribution in [0.5, 0.6) is 0 Å². The maximum Gasteiger partial charge on any atom is 0.338 e. The summed E-state index contributed by atoms with van der Waals surface area (Å²) in [4.78, 5) is 52.5. The number of Topliss-reactive ketones (excluding diaryl/α,β-unsaturated/α-hetero) is 1. The molecule has 3 N–H and O–H groups in total. The van der Waals surface area contributed by atoms with Crippen molar-refractivity contribution in [3.05, 3.63) is 47.5 Å². The Bertz CT molecular complexity index is 1310. The molecule has 9 unspecified atom stereocenters.